The summed E-state index contributed by atoms with van der Waals surface area (Å²) in [5.74, 6) is -0.620. The minimum absolute atomic E-state index is 0.620. The molecule has 0 saturated carbocycles. The molecule has 0 bridgehead atoms. The van der Waals surface area contributed by atoms with Crippen molar-refractivity contribution in [1.82, 2.24) is 0 Å². The van der Waals surface area contributed by atoms with Crippen LogP contribution in [0.4, 0.5) is 0 Å². The van der Waals surface area contributed by atoms with E-state index in [0.717, 1.165) is 32.5 Å². The molecule has 1 aliphatic rings. The maximum atomic E-state index is 6.30. The largest absolute Gasteiger partial charge is 0.346 e. The van der Waals surface area contributed by atoms with Crippen LogP contribution in [0.5, 0.6) is 0 Å². The fraction of sp³-hybridized carbons (Fsp3) is 0.353. The second kappa shape index (κ2) is 13.4. The molecule has 0 radical (unpaired) electrons. The van der Waals surface area contributed by atoms with Crippen molar-refractivity contribution in [2.24, 2.45) is 0 Å². The summed E-state index contributed by atoms with van der Waals surface area (Å²) >= 11 is 0. The number of hydrogen-bond acceptors (Lipinski definition) is 2. The van der Waals surface area contributed by atoms with E-state index in [9.17, 15) is 0 Å². The van der Waals surface area contributed by atoms with Crippen LogP contribution in [0.2, 0.25) is 0 Å². The Morgan fingerprint density at radius 3 is 1.50 bits per heavy atom. The highest BCUT2D eigenvalue weighted by atomic mass is 16.7. The Morgan fingerprint density at radius 1 is 0.583 bits per heavy atom. The van der Waals surface area contributed by atoms with E-state index in [-0.39, 0.29) is 0 Å². The van der Waals surface area contributed by atoms with Gasteiger partial charge in [0.15, 0.2) is 5.79 Å². The molecule has 0 N–H and O–H groups in total. The number of hydrogen-bond donors (Lipinski definition) is 0. The zero-order chi connectivity index (χ0) is 25.1. The summed E-state index contributed by atoms with van der Waals surface area (Å²) in [6.45, 7) is 5.93. The van der Waals surface area contributed by atoms with Gasteiger partial charge in [-0.05, 0) is 52.3 Å². The second-order valence-corrected chi connectivity index (χ2v) is 9.64. The average molecular weight is 481 g/mol. The summed E-state index contributed by atoms with van der Waals surface area (Å²) in [6.07, 6.45) is 14.3. The maximum absolute atomic E-state index is 6.30. The fourth-order valence-corrected chi connectivity index (χ4v) is 4.61. The quantitative estimate of drug-likeness (QED) is 0.179. The van der Waals surface area contributed by atoms with Crippen molar-refractivity contribution in [1.29, 1.82) is 0 Å². The van der Waals surface area contributed by atoms with E-state index < -0.39 is 5.79 Å². The van der Waals surface area contributed by atoms with Gasteiger partial charge in [-0.2, -0.15) is 0 Å². The average Bonchev–Trinajstić information content (AvgIpc) is 2.95. The Morgan fingerprint density at radius 2 is 1.06 bits per heavy atom. The normalized spacial score (nSPS) is 14.6. The molecule has 0 fully saturated rings. The molecule has 188 valence electrons. The van der Waals surface area contributed by atoms with Crippen molar-refractivity contribution in [2.45, 2.75) is 64.6 Å². The van der Waals surface area contributed by atoms with Crippen LogP contribution in [0.3, 0.4) is 0 Å². The zero-order valence-corrected chi connectivity index (χ0v) is 21.9. The molecule has 0 spiro atoms. The molecule has 0 heterocycles. The lowest BCUT2D eigenvalue weighted by Crippen LogP contribution is -2.35. The smallest absolute Gasteiger partial charge is 0.191 e. The van der Waals surface area contributed by atoms with Gasteiger partial charge in [0.1, 0.15) is 0 Å². The van der Waals surface area contributed by atoms with E-state index in [2.05, 4.69) is 111 Å². The number of unbranched alkanes of at least 4 members (excludes halogenated alkanes) is 4. The Balaban J connectivity index is 1.41. The van der Waals surface area contributed by atoms with Gasteiger partial charge in [0.05, 0.1) is 13.2 Å². The minimum Gasteiger partial charge on any atom is -0.346 e. The Hall–Kier alpha value is -2.94. The van der Waals surface area contributed by atoms with Crippen LogP contribution < -0.4 is 0 Å². The van der Waals surface area contributed by atoms with Crippen LogP contribution in [-0.2, 0) is 9.47 Å². The summed E-state index contributed by atoms with van der Waals surface area (Å²) in [4.78, 5) is 0. The summed E-state index contributed by atoms with van der Waals surface area (Å²) in [5.41, 5.74) is 7.40. The first-order chi connectivity index (χ1) is 17.7. The molecule has 0 amide bonds. The van der Waals surface area contributed by atoms with Crippen LogP contribution >= 0.6 is 0 Å². The van der Waals surface area contributed by atoms with E-state index in [4.69, 9.17) is 9.47 Å². The molecule has 0 unspecified atom stereocenters. The molecule has 3 aromatic carbocycles. The second-order valence-electron chi connectivity index (χ2n) is 9.64. The van der Waals surface area contributed by atoms with Gasteiger partial charge >= 0.3 is 0 Å². The molecule has 0 atom stereocenters. The zero-order valence-electron chi connectivity index (χ0n) is 21.9. The van der Waals surface area contributed by atoms with Gasteiger partial charge in [-0.25, -0.2) is 0 Å². The van der Waals surface area contributed by atoms with Gasteiger partial charge in [-0.1, -0.05) is 131 Å². The van der Waals surface area contributed by atoms with E-state index in [1.54, 1.807) is 0 Å². The van der Waals surface area contributed by atoms with Crippen molar-refractivity contribution >= 4 is 5.57 Å². The number of allylic oxidation sites excluding steroid dienone is 2. The lowest BCUT2D eigenvalue weighted by molar-refractivity contribution is -0.203. The van der Waals surface area contributed by atoms with Crippen molar-refractivity contribution in [3.8, 4) is 22.3 Å². The van der Waals surface area contributed by atoms with Crippen molar-refractivity contribution in [3.63, 3.8) is 0 Å². The van der Waals surface area contributed by atoms with Gasteiger partial charge < -0.3 is 9.47 Å². The lowest BCUT2D eigenvalue weighted by Gasteiger charge is -2.33. The van der Waals surface area contributed by atoms with Crippen molar-refractivity contribution < 1.29 is 9.47 Å². The third-order valence-corrected chi connectivity index (χ3v) is 6.86. The van der Waals surface area contributed by atoms with Crippen LogP contribution in [0.25, 0.3) is 27.8 Å². The van der Waals surface area contributed by atoms with Gasteiger partial charge in [0.2, 0.25) is 0 Å². The molecule has 0 saturated heterocycles. The molecular weight excluding hydrogens is 440 g/mol. The topological polar surface area (TPSA) is 18.5 Å². The third kappa shape index (κ3) is 7.06. The van der Waals surface area contributed by atoms with Crippen LogP contribution in [0, 0.1) is 0 Å². The van der Waals surface area contributed by atoms with E-state index in [0.29, 0.717) is 0 Å². The van der Waals surface area contributed by atoms with Crippen LogP contribution in [0.15, 0.2) is 97.1 Å². The predicted octanol–water partition coefficient (Wildman–Crippen LogP) is 9.47. The highest BCUT2D eigenvalue weighted by Crippen LogP contribution is 2.32. The predicted molar refractivity (Wildman–Crippen MR) is 153 cm³/mol. The van der Waals surface area contributed by atoms with Crippen LogP contribution in [-0.4, -0.2) is 19.0 Å². The SMILES string of the molecule is CCCCCOC1(OCCCCC)C=CC(c2ccc(-c3ccc(-c4ccccc4)cc3)cc2)=CC1. The lowest BCUT2D eigenvalue weighted by atomic mass is 9.94. The molecular formula is C34H40O2. The molecule has 3 aromatic rings. The van der Waals surface area contributed by atoms with E-state index in [1.165, 1.54) is 59.1 Å². The molecule has 1 aliphatic carbocycles. The summed E-state index contributed by atoms with van der Waals surface area (Å²) in [5, 5.41) is 0. The van der Waals surface area contributed by atoms with Crippen LogP contribution in [0.1, 0.15) is 64.4 Å². The molecule has 2 nitrogen and oxygen atoms in total. The first-order valence-electron chi connectivity index (χ1n) is 13.7. The van der Waals surface area contributed by atoms with Crippen molar-refractivity contribution in [3.05, 3.63) is 103 Å². The first-order valence-corrected chi connectivity index (χ1v) is 13.7. The monoisotopic (exact) mass is 480 g/mol. The third-order valence-electron chi connectivity index (χ3n) is 6.86. The molecule has 2 heteroatoms. The summed E-state index contributed by atoms with van der Waals surface area (Å²) in [7, 11) is 0. The van der Waals surface area contributed by atoms with Gasteiger partial charge in [0.25, 0.3) is 0 Å². The molecule has 0 aromatic heterocycles. The summed E-state index contributed by atoms with van der Waals surface area (Å²) < 4.78 is 12.6. The molecule has 36 heavy (non-hydrogen) atoms. The van der Waals surface area contributed by atoms with Gasteiger partial charge in [0, 0.05) is 6.42 Å². The number of ether oxygens (including phenoxy) is 2. The van der Waals surface area contributed by atoms with Gasteiger partial charge in [-0.15, -0.1) is 0 Å². The van der Waals surface area contributed by atoms with E-state index in [1.807, 2.05) is 0 Å². The Labute approximate surface area is 217 Å². The summed E-state index contributed by atoms with van der Waals surface area (Å²) in [6, 6.07) is 28.2. The maximum Gasteiger partial charge on any atom is 0.191 e. The minimum atomic E-state index is -0.620. The Kier molecular flexibility index (Phi) is 9.72. The number of rotatable bonds is 13. The van der Waals surface area contributed by atoms with Gasteiger partial charge in [-0.3, -0.25) is 0 Å². The molecule has 4 rings (SSSR count). The Bertz CT molecular complexity index is 1100. The highest BCUT2D eigenvalue weighted by molar-refractivity contribution is 5.77. The standard InChI is InChI=1S/C34H40O2/c1-3-5-10-26-35-34(36-27-11-6-4-2)24-22-33(23-25-34)32-20-18-31(19-21-32)30-16-14-29(15-17-30)28-12-8-7-9-13-28/h7-9,12-24H,3-6,10-11,25-27H2,1-2H3. The highest BCUT2D eigenvalue weighted by Gasteiger charge is 2.30. The molecule has 0 aliphatic heterocycles. The van der Waals surface area contributed by atoms with Crippen molar-refractivity contribution in [2.75, 3.05) is 13.2 Å². The van der Waals surface area contributed by atoms with E-state index >= 15 is 0 Å². The number of benzene rings is 3. The fourth-order valence-electron chi connectivity index (χ4n) is 4.61. The first kappa shape index (κ1) is 26.1.